The summed E-state index contributed by atoms with van der Waals surface area (Å²) in [4.78, 5) is 22.3. The van der Waals surface area contributed by atoms with Gasteiger partial charge in [-0.1, -0.05) is 0 Å². The fourth-order valence-electron chi connectivity index (χ4n) is 2.08. The first-order chi connectivity index (χ1) is 8.17. The molecule has 1 amide bonds. The first kappa shape index (κ1) is 14.0. The quantitative estimate of drug-likeness (QED) is 0.728. The molecule has 1 aliphatic rings. The molecule has 0 radical (unpaired) electrons. The maximum Gasteiger partial charge on any atom is 0.308 e. The Balaban J connectivity index is 2.15. The Bertz CT molecular complexity index is 256. The van der Waals surface area contributed by atoms with Crippen LogP contribution in [0.3, 0.4) is 0 Å². The average molecular weight is 243 g/mol. The van der Waals surface area contributed by atoms with Gasteiger partial charge in [-0.2, -0.15) is 0 Å². The molecule has 5 heteroatoms. The standard InChI is InChI=1S/C12H21NO4/c1-13-11(14)7-8-17-10-5-3-9(4-6-10)12(15)16-2/h9-10H,3-8H2,1-2H3,(H,13,14). The van der Waals surface area contributed by atoms with E-state index >= 15 is 0 Å². The molecule has 1 rings (SSSR count). The SMILES string of the molecule is CNC(=O)CCOC1CCC(C(=O)OC)CC1. The van der Waals surface area contributed by atoms with Crippen molar-refractivity contribution in [3.05, 3.63) is 0 Å². The zero-order valence-corrected chi connectivity index (χ0v) is 10.5. The monoisotopic (exact) mass is 243 g/mol. The first-order valence-electron chi connectivity index (χ1n) is 6.07. The predicted molar refractivity (Wildman–Crippen MR) is 62.4 cm³/mol. The van der Waals surface area contributed by atoms with Gasteiger partial charge < -0.3 is 14.8 Å². The van der Waals surface area contributed by atoms with Crippen molar-refractivity contribution in [2.45, 2.75) is 38.2 Å². The minimum absolute atomic E-state index is 0.00625. The van der Waals surface area contributed by atoms with E-state index in [0.29, 0.717) is 13.0 Å². The second kappa shape index (κ2) is 7.27. The largest absolute Gasteiger partial charge is 0.469 e. The zero-order valence-electron chi connectivity index (χ0n) is 10.5. The molecule has 0 aromatic rings. The first-order valence-corrected chi connectivity index (χ1v) is 6.07. The molecule has 0 spiro atoms. The van der Waals surface area contributed by atoms with Gasteiger partial charge in [-0.05, 0) is 25.7 Å². The highest BCUT2D eigenvalue weighted by Gasteiger charge is 2.27. The van der Waals surface area contributed by atoms with E-state index in [1.807, 2.05) is 0 Å². The molecule has 0 heterocycles. The Labute approximate surface area is 102 Å². The highest BCUT2D eigenvalue weighted by molar-refractivity contribution is 5.75. The average Bonchev–Trinajstić information content (AvgIpc) is 2.38. The Morgan fingerprint density at radius 1 is 1.24 bits per heavy atom. The lowest BCUT2D eigenvalue weighted by Crippen LogP contribution is -2.28. The summed E-state index contributed by atoms with van der Waals surface area (Å²) in [5, 5.41) is 2.55. The molecule has 1 saturated carbocycles. The minimum atomic E-state index is -0.117. The smallest absolute Gasteiger partial charge is 0.308 e. The molecular weight excluding hydrogens is 222 g/mol. The Morgan fingerprint density at radius 3 is 2.41 bits per heavy atom. The molecular formula is C12H21NO4. The number of nitrogens with one attached hydrogen (secondary N) is 1. The summed E-state index contributed by atoms with van der Waals surface area (Å²) in [6, 6.07) is 0. The van der Waals surface area contributed by atoms with Crippen molar-refractivity contribution < 1.29 is 19.1 Å². The molecule has 17 heavy (non-hydrogen) atoms. The van der Waals surface area contributed by atoms with E-state index in [1.54, 1.807) is 7.05 Å². The van der Waals surface area contributed by atoms with Gasteiger partial charge in [0.25, 0.3) is 0 Å². The van der Waals surface area contributed by atoms with Crippen molar-refractivity contribution in [1.82, 2.24) is 5.32 Å². The van der Waals surface area contributed by atoms with Crippen LogP contribution in [0.5, 0.6) is 0 Å². The summed E-state index contributed by atoms with van der Waals surface area (Å²) in [5.74, 6) is -0.0964. The third-order valence-corrected chi connectivity index (χ3v) is 3.17. The topological polar surface area (TPSA) is 64.6 Å². The predicted octanol–water partition coefficient (Wildman–Crippen LogP) is 0.871. The molecule has 0 aromatic heterocycles. The van der Waals surface area contributed by atoms with E-state index in [2.05, 4.69) is 5.32 Å². The van der Waals surface area contributed by atoms with Crippen LogP contribution in [-0.4, -0.2) is 38.7 Å². The lowest BCUT2D eigenvalue weighted by atomic mass is 9.87. The summed E-state index contributed by atoms with van der Waals surface area (Å²) >= 11 is 0. The van der Waals surface area contributed by atoms with Crippen molar-refractivity contribution in [3.63, 3.8) is 0 Å². The number of rotatable bonds is 5. The Hall–Kier alpha value is -1.10. The highest BCUT2D eigenvalue weighted by atomic mass is 16.5. The fraction of sp³-hybridized carbons (Fsp3) is 0.833. The van der Waals surface area contributed by atoms with Crippen LogP contribution in [0.15, 0.2) is 0 Å². The van der Waals surface area contributed by atoms with Gasteiger partial charge in [0.05, 0.1) is 25.7 Å². The maximum absolute atomic E-state index is 11.3. The van der Waals surface area contributed by atoms with Gasteiger partial charge in [-0.25, -0.2) is 0 Å². The van der Waals surface area contributed by atoms with Crippen LogP contribution in [0.2, 0.25) is 0 Å². The van der Waals surface area contributed by atoms with Crippen LogP contribution < -0.4 is 5.32 Å². The van der Waals surface area contributed by atoms with Gasteiger partial charge in [0.2, 0.25) is 5.91 Å². The third kappa shape index (κ3) is 4.73. The molecule has 1 fully saturated rings. The fourth-order valence-corrected chi connectivity index (χ4v) is 2.08. The molecule has 0 aliphatic heterocycles. The Morgan fingerprint density at radius 2 is 1.88 bits per heavy atom. The van der Waals surface area contributed by atoms with Crippen LogP contribution in [-0.2, 0) is 19.1 Å². The molecule has 1 aliphatic carbocycles. The van der Waals surface area contributed by atoms with Crippen molar-refractivity contribution in [2.24, 2.45) is 5.92 Å². The van der Waals surface area contributed by atoms with Crippen molar-refractivity contribution in [1.29, 1.82) is 0 Å². The minimum Gasteiger partial charge on any atom is -0.469 e. The number of ether oxygens (including phenoxy) is 2. The molecule has 0 unspecified atom stereocenters. The van der Waals surface area contributed by atoms with Crippen molar-refractivity contribution in [2.75, 3.05) is 20.8 Å². The van der Waals surface area contributed by atoms with E-state index in [-0.39, 0.29) is 23.9 Å². The number of esters is 1. The van der Waals surface area contributed by atoms with E-state index in [9.17, 15) is 9.59 Å². The number of hydrogen-bond acceptors (Lipinski definition) is 4. The van der Waals surface area contributed by atoms with Crippen LogP contribution in [0.1, 0.15) is 32.1 Å². The van der Waals surface area contributed by atoms with Gasteiger partial charge in [-0.15, -0.1) is 0 Å². The lowest BCUT2D eigenvalue weighted by molar-refractivity contribution is -0.147. The number of methoxy groups -OCH3 is 1. The molecule has 0 bridgehead atoms. The van der Waals surface area contributed by atoms with E-state index in [1.165, 1.54) is 7.11 Å². The van der Waals surface area contributed by atoms with Crippen LogP contribution >= 0.6 is 0 Å². The number of carbonyl (C=O) groups is 2. The summed E-state index contributed by atoms with van der Waals surface area (Å²) in [5.41, 5.74) is 0. The van der Waals surface area contributed by atoms with Crippen LogP contribution in [0.25, 0.3) is 0 Å². The lowest BCUT2D eigenvalue weighted by Gasteiger charge is -2.26. The number of amides is 1. The molecule has 5 nitrogen and oxygen atoms in total. The zero-order chi connectivity index (χ0) is 12.7. The van der Waals surface area contributed by atoms with Crippen LogP contribution in [0.4, 0.5) is 0 Å². The van der Waals surface area contributed by atoms with E-state index in [4.69, 9.17) is 9.47 Å². The highest BCUT2D eigenvalue weighted by Crippen LogP contribution is 2.27. The van der Waals surface area contributed by atoms with Crippen LogP contribution in [0, 0.1) is 5.92 Å². The second-order valence-electron chi connectivity index (χ2n) is 4.29. The van der Waals surface area contributed by atoms with Gasteiger partial charge in [0.1, 0.15) is 0 Å². The summed E-state index contributed by atoms with van der Waals surface area (Å²) < 4.78 is 10.3. The van der Waals surface area contributed by atoms with E-state index in [0.717, 1.165) is 25.7 Å². The third-order valence-electron chi connectivity index (χ3n) is 3.17. The second-order valence-corrected chi connectivity index (χ2v) is 4.29. The van der Waals surface area contributed by atoms with E-state index < -0.39 is 0 Å². The summed E-state index contributed by atoms with van der Waals surface area (Å²) in [7, 11) is 3.04. The van der Waals surface area contributed by atoms with Gasteiger partial charge in [-0.3, -0.25) is 9.59 Å². The summed E-state index contributed by atoms with van der Waals surface area (Å²) in [6.07, 6.45) is 3.95. The Kier molecular flexibility index (Phi) is 5.97. The van der Waals surface area contributed by atoms with Crippen molar-refractivity contribution in [3.8, 4) is 0 Å². The molecule has 0 saturated heterocycles. The van der Waals surface area contributed by atoms with Gasteiger partial charge in [0.15, 0.2) is 0 Å². The number of carbonyl (C=O) groups excluding carboxylic acids is 2. The summed E-state index contributed by atoms with van der Waals surface area (Å²) in [6.45, 7) is 0.452. The molecule has 98 valence electrons. The van der Waals surface area contributed by atoms with Crippen molar-refractivity contribution >= 4 is 11.9 Å². The van der Waals surface area contributed by atoms with Gasteiger partial charge in [0, 0.05) is 13.5 Å². The molecule has 0 atom stereocenters. The maximum atomic E-state index is 11.3. The molecule has 1 N–H and O–H groups in total. The van der Waals surface area contributed by atoms with Gasteiger partial charge >= 0.3 is 5.97 Å². The normalized spacial score (nSPS) is 24.1. The number of hydrogen-bond donors (Lipinski definition) is 1. The molecule has 0 aromatic carbocycles.